The zero-order valence-electron chi connectivity index (χ0n) is 18.5. The number of hydrogen-bond acceptors (Lipinski definition) is 8. The number of benzene rings is 1. The highest BCUT2D eigenvalue weighted by Gasteiger charge is 2.31. The van der Waals surface area contributed by atoms with Crippen LogP contribution in [0.5, 0.6) is 0 Å². The monoisotopic (exact) mass is 479 g/mol. The molecule has 1 saturated heterocycles. The zero-order valence-corrected chi connectivity index (χ0v) is 19.3. The van der Waals surface area contributed by atoms with Gasteiger partial charge in [-0.25, -0.2) is 8.42 Å². The number of likely N-dealkylation sites (tertiary alicyclic amines) is 1. The number of amides is 2. The molecule has 0 aliphatic carbocycles. The molecule has 2 amide bonds. The van der Waals surface area contributed by atoms with Gasteiger partial charge >= 0.3 is 0 Å². The summed E-state index contributed by atoms with van der Waals surface area (Å²) in [7, 11) is -3.93. The number of nitrogens with one attached hydrogen (secondary N) is 3. The van der Waals surface area contributed by atoms with Crippen molar-refractivity contribution < 1.29 is 18.0 Å². The van der Waals surface area contributed by atoms with Gasteiger partial charge in [-0.3, -0.25) is 24.3 Å². The molecule has 0 unspecified atom stereocenters. The normalized spacial score (nSPS) is 17.2. The summed E-state index contributed by atoms with van der Waals surface area (Å²) in [6.45, 7) is 3.28. The third-order valence-corrected chi connectivity index (χ3v) is 7.14. The number of imide groups is 1. The minimum Gasteiger partial charge on any atom is -0.361 e. The number of rotatable bonds is 6. The molecule has 0 spiro atoms. The van der Waals surface area contributed by atoms with Gasteiger partial charge in [-0.05, 0) is 31.5 Å². The Hall–Kier alpha value is -4.16. The minimum atomic E-state index is -3.93. The maximum absolute atomic E-state index is 12.7. The number of dihydropyridines is 1. The maximum Gasteiger partial charge on any atom is 0.235 e. The zero-order chi connectivity index (χ0) is 24.6. The second-order valence-corrected chi connectivity index (χ2v) is 9.94. The molecule has 0 radical (unpaired) electrons. The van der Waals surface area contributed by atoms with Crippen molar-refractivity contribution in [3.63, 3.8) is 0 Å². The number of aromatic nitrogens is 2. The van der Waals surface area contributed by atoms with Crippen LogP contribution in [0.4, 0.5) is 5.82 Å². The van der Waals surface area contributed by atoms with E-state index in [-0.39, 0.29) is 37.0 Å². The van der Waals surface area contributed by atoms with E-state index in [0.29, 0.717) is 39.0 Å². The van der Waals surface area contributed by atoms with Gasteiger partial charge in [0.25, 0.3) is 0 Å². The molecule has 1 fully saturated rings. The molecule has 11 nitrogen and oxygen atoms in total. The van der Waals surface area contributed by atoms with E-state index in [0.717, 1.165) is 4.90 Å². The summed E-state index contributed by atoms with van der Waals surface area (Å²) in [5.74, 6) is -1.79. The SMILES string of the molecule is CC1=C(C#N)C(c2ccc3[nH]nc(NS(=O)(=O)CCN4C(=O)CCC4=O)c3c2)C(C#N)=C(C)N1. The molecule has 1 aromatic carbocycles. The van der Waals surface area contributed by atoms with Crippen molar-refractivity contribution >= 4 is 38.6 Å². The lowest BCUT2D eigenvalue weighted by Crippen LogP contribution is -2.35. The molecule has 0 atom stereocenters. The highest BCUT2D eigenvalue weighted by molar-refractivity contribution is 7.92. The first-order valence-electron chi connectivity index (χ1n) is 10.5. The van der Waals surface area contributed by atoms with E-state index in [4.69, 9.17) is 0 Å². The van der Waals surface area contributed by atoms with Crippen LogP contribution >= 0.6 is 0 Å². The Balaban J connectivity index is 1.65. The van der Waals surface area contributed by atoms with Crippen molar-refractivity contribution in [1.29, 1.82) is 10.5 Å². The Morgan fingerprint density at radius 1 is 1.12 bits per heavy atom. The van der Waals surface area contributed by atoms with E-state index in [1.807, 2.05) is 0 Å². The van der Waals surface area contributed by atoms with Gasteiger partial charge in [-0.1, -0.05) is 6.07 Å². The number of sulfonamides is 1. The first-order chi connectivity index (χ1) is 16.1. The van der Waals surface area contributed by atoms with Gasteiger partial charge in [-0.2, -0.15) is 15.6 Å². The highest BCUT2D eigenvalue weighted by Crippen LogP contribution is 2.38. The first kappa shape index (κ1) is 23.0. The molecule has 3 heterocycles. The number of anilines is 1. The van der Waals surface area contributed by atoms with E-state index >= 15 is 0 Å². The summed E-state index contributed by atoms with van der Waals surface area (Å²) in [5.41, 5.74) is 3.26. The average Bonchev–Trinajstić information content (AvgIpc) is 3.33. The second kappa shape index (κ2) is 8.65. The Kier molecular flexibility index (Phi) is 5.85. The van der Waals surface area contributed by atoms with Gasteiger partial charge in [-0.15, -0.1) is 0 Å². The molecule has 2 aromatic rings. The molecule has 4 rings (SSSR count). The molecule has 3 N–H and O–H groups in total. The number of H-pyrrole nitrogens is 1. The van der Waals surface area contributed by atoms with E-state index in [9.17, 15) is 28.5 Å². The number of allylic oxidation sites excluding steroid dienone is 4. The topological polar surface area (TPSA) is 172 Å². The van der Waals surface area contributed by atoms with E-state index in [2.05, 4.69) is 32.4 Å². The molecular formula is C22H21N7O4S. The maximum atomic E-state index is 12.7. The standard InChI is InChI=1S/C22H21N7O4S/c1-12-16(10-23)21(17(11-24)13(2)25-12)14-3-4-18-15(9-14)22(27-26-18)28-34(32,33)8-7-29-19(30)5-6-20(29)31/h3-4,9,21,25H,5-8H2,1-2H3,(H2,26,27,28). The van der Waals surface area contributed by atoms with Crippen LogP contribution in [0, 0.1) is 22.7 Å². The molecule has 174 valence electrons. The molecule has 1 aromatic heterocycles. The molecule has 2 aliphatic heterocycles. The van der Waals surface area contributed by atoms with Gasteiger partial charge in [0.2, 0.25) is 21.8 Å². The van der Waals surface area contributed by atoms with Crippen LogP contribution in [-0.4, -0.2) is 47.6 Å². The summed E-state index contributed by atoms with van der Waals surface area (Å²) >= 11 is 0. The van der Waals surface area contributed by atoms with Crippen molar-refractivity contribution in [3.8, 4) is 12.1 Å². The highest BCUT2D eigenvalue weighted by atomic mass is 32.2. The van der Waals surface area contributed by atoms with Crippen LogP contribution < -0.4 is 10.0 Å². The molecule has 12 heteroatoms. The lowest BCUT2D eigenvalue weighted by molar-refractivity contribution is -0.137. The van der Waals surface area contributed by atoms with Crippen LogP contribution in [0.1, 0.15) is 38.2 Å². The average molecular weight is 480 g/mol. The van der Waals surface area contributed by atoms with Gasteiger partial charge in [0.1, 0.15) is 0 Å². The molecule has 0 saturated carbocycles. The Morgan fingerprint density at radius 2 is 1.74 bits per heavy atom. The van der Waals surface area contributed by atoms with Crippen LogP contribution in [0.3, 0.4) is 0 Å². The number of carbonyl (C=O) groups excluding carboxylic acids is 2. The fourth-order valence-corrected chi connectivity index (χ4v) is 5.17. The third kappa shape index (κ3) is 4.11. The molecule has 0 bridgehead atoms. The van der Waals surface area contributed by atoms with Crippen LogP contribution in [0.25, 0.3) is 10.9 Å². The van der Waals surface area contributed by atoms with E-state index < -0.39 is 21.7 Å². The van der Waals surface area contributed by atoms with Crippen molar-refractivity contribution in [1.82, 2.24) is 20.4 Å². The van der Waals surface area contributed by atoms with E-state index in [1.165, 1.54) is 0 Å². The van der Waals surface area contributed by atoms with Crippen molar-refractivity contribution in [2.24, 2.45) is 0 Å². The number of hydrogen-bond donors (Lipinski definition) is 3. The lowest BCUT2D eigenvalue weighted by Gasteiger charge is -2.26. The number of nitrogens with zero attached hydrogens (tertiary/aromatic N) is 4. The quantitative estimate of drug-likeness (QED) is 0.526. The van der Waals surface area contributed by atoms with Crippen LogP contribution in [0.15, 0.2) is 40.7 Å². The Morgan fingerprint density at radius 3 is 2.32 bits per heavy atom. The Labute approximate surface area is 195 Å². The summed E-state index contributed by atoms with van der Waals surface area (Å²) < 4.78 is 27.7. The molecule has 2 aliphatic rings. The van der Waals surface area contributed by atoms with Gasteiger partial charge in [0, 0.05) is 36.2 Å². The molecular weight excluding hydrogens is 458 g/mol. The number of aromatic amines is 1. The third-order valence-electron chi connectivity index (χ3n) is 5.91. The summed E-state index contributed by atoms with van der Waals surface area (Å²) in [4.78, 5) is 24.4. The van der Waals surface area contributed by atoms with Crippen molar-refractivity contribution in [2.75, 3.05) is 17.0 Å². The van der Waals surface area contributed by atoms with Gasteiger partial charge in [0.15, 0.2) is 5.82 Å². The Bertz CT molecular complexity index is 1420. The fraction of sp³-hybridized carbons (Fsp3) is 0.318. The van der Waals surface area contributed by atoms with Crippen LogP contribution in [-0.2, 0) is 19.6 Å². The lowest BCUT2D eigenvalue weighted by atomic mass is 9.81. The van der Waals surface area contributed by atoms with Crippen molar-refractivity contribution in [3.05, 3.63) is 46.3 Å². The van der Waals surface area contributed by atoms with Crippen molar-refractivity contribution in [2.45, 2.75) is 32.6 Å². The van der Waals surface area contributed by atoms with E-state index in [1.54, 1.807) is 32.0 Å². The second-order valence-electron chi connectivity index (χ2n) is 8.10. The largest absolute Gasteiger partial charge is 0.361 e. The number of carbonyl (C=O) groups is 2. The number of nitriles is 2. The number of fused-ring (bicyclic) bond motifs is 1. The summed E-state index contributed by atoms with van der Waals surface area (Å²) in [6.07, 6.45) is 0.181. The fourth-order valence-electron chi connectivity index (χ4n) is 4.19. The predicted molar refractivity (Wildman–Crippen MR) is 122 cm³/mol. The van der Waals surface area contributed by atoms with Crippen LogP contribution in [0.2, 0.25) is 0 Å². The van der Waals surface area contributed by atoms with Gasteiger partial charge < -0.3 is 5.32 Å². The molecule has 34 heavy (non-hydrogen) atoms. The minimum absolute atomic E-state index is 0.0447. The first-order valence-corrected chi connectivity index (χ1v) is 12.1. The summed E-state index contributed by atoms with van der Waals surface area (Å²) in [6, 6.07) is 9.49. The predicted octanol–water partition coefficient (Wildman–Crippen LogP) is 1.74. The smallest absolute Gasteiger partial charge is 0.235 e. The summed E-state index contributed by atoms with van der Waals surface area (Å²) in [5, 5.41) is 29.8. The van der Waals surface area contributed by atoms with Gasteiger partial charge in [0.05, 0.1) is 40.5 Å².